The molecule has 0 spiro atoms. The Morgan fingerprint density at radius 1 is 1.00 bits per heavy atom. The average molecular weight is 366 g/mol. The third kappa shape index (κ3) is 6.13. The molecule has 142 valence electrons. The molecule has 2 aromatic carbocycles. The van der Waals surface area contributed by atoms with Gasteiger partial charge in [-0.15, -0.1) is 0 Å². The second-order valence-electron chi connectivity index (χ2n) is 7.06. The molecular formula is C22H26N2O3. The number of ether oxygens (including phenoxy) is 1. The number of hydrogen-bond acceptors (Lipinski definition) is 3. The lowest BCUT2D eigenvalue weighted by atomic mass is 10.1. The Labute approximate surface area is 160 Å². The fourth-order valence-electron chi connectivity index (χ4n) is 2.84. The fourth-order valence-corrected chi connectivity index (χ4v) is 2.84. The van der Waals surface area contributed by atoms with Gasteiger partial charge in [0, 0.05) is 25.4 Å². The van der Waals surface area contributed by atoms with Crippen LogP contribution >= 0.6 is 0 Å². The summed E-state index contributed by atoms with van der Waals surface area (Å²) < 4.78 is 5.72. The molecular weight excluding hydrogens is 340 g/mol. The van der Waals surface area contributed by atoms with Crippen molar-refractivity contribution in [2.75, 3.05) is 6.54 Å². The lowest BCUT2D eigenvalue weighted by Gasteiger charge is -2.09. The van der Waals surface area contributed by atoms with Gasteiger partial charge in [-0.3, -0.25) is 9.59 Å². The molecule has 5 nitrogen and oxygen atoms in total. The fraction of sp³-hybridized carbons (Fsp3) is 0.364. The molecule has 2 aromatic rings. The van der Waals surface area contributed by atoms with Crippen LogP contribution in [0.4, 0.5) is 0 Å². The van der Waals surface area contributed by atoms with Crippen molar-refractivity contribution in [3.05, 3.63) is 65.7 Å². The maximum Gasteiger partial charge on any atom is 0.223 e. The highest BCUT2D eigenvalue weighted by molar-refractivity contribution is 5.82. The summed E-state index contributed by atoms with van der Waals surface area (Å²) in [5.41, 5.74) is 2.11. The SMILES string of the molecule is CC1CC1C(=O)NCCC(=O)NCc1ccc(COc2ccccc2)cc1. The molecule has 1 aliphatic carbocycles. The van der Waals surface area contributed by atoms with Gasteiger partial charge < -0.3 is 15.4 Å². The quantitative estimate of drug-likeness (QED) is 0.717. The molecule has 0 aromatic heterocycles. The lowest BCUT2D eigenvalue weighted by molar-refractivity contribution is -0.123. The molecule has 0 saturated heterocycles. The van der Waals surface area contributed by atoms with Gasteiger partial charge in [0.2, 0.25) is 11.8 Å². The van der Waals surface area contributed by atoms with E-state index in [1.54, 1.807) is 0 Å². The molecule has 2 unspecified atom stereocenters. The standard InChI is InChI=1S/C22H26N2O3/c1-16-13-20(16)22(26)23-12-11-21(25)24-14-17-7-9-18(10-8-17)15-27-19-5-3-2-4-6-19/h2-10,16,20H,11-15H2,1H3,(H,23,26)(H,24,25). The number of hydrogen-bond donors (Lipinski definition) is 2. The van der Waals surface area contributed by atoms with E-state index in [-0.39, 0.29) is 17.7 Å². The van der Waals surface area contributed by atoms with Gasteiger partial charge in [-0.1, -0.05) is 49.4 Å². The summed E-state index contributed by atoms with van der Waals surface area (Å²) >= 11 is 0. The Kier molecular flexibility index (Phi) is 6.47. The number of benzene rings is 2. The summed E-state index contributed by atoms with van der Waals surface area (Å²) in [4.78, 5) is 23.6. The number of rotatable bonds is 9. The molecule has 5 heteroatoms. The predicted molar refractivity (Wildman–Crippen MR) is 104 cm³/mol. The number of nitrogens with one attached hydrogen (secondary N) is 2. The zero-order valence-electron chi connectivity index (χ0n) is 15.6. The van der Waals surface area contributed by atoms with Crippen molar-refractivity contribution in [2.24, 2.45) is 11.8 Å². The third-order valence-electron chi connectivity index (χ3n) is 4.76. The van der Waals surface area contributed by atoms with Crippen LogP contribution in [0.15, 0.2) is 54.6 Å². The van der Waals surface area contributed by atoms with E-state index >= 15 is 0 Å². The topological polar surface area (TPSA) is 67.4 Å². The molecule has 3 rings (SSSR count). The van der Waals surface area contributed by atoms with Crippen LogP contribution in [-0.2, 0) is 22.7 Å². The zero-order chi connectivity index (χ0) is 19.1. The van der Waals surface area contributed by atoms with Gasteiger partial charge in [-0.2, -0.15) is 0 Å². The molecule has 0 bridgehead atoms. The monoisotopic (exact) mass is 366 g/mol. The van der Waals surface area contributed by atoms with E-state index in [0.717, 1.165) is 23.3 Å². The van der Waals surface area contributed by atoms with Crippen LogP contribution in [0.25, 0.3) is 0 Å². The van der Waals surface area contributed by atoms with Crippen LogP contribution in [0.1, 0.15) is 30.9 Å². The van der Waals surface area contributed by atoms with E-state index in [1.165, 1.54) is 0 Å². The van der Waals surface area contributed by atoms with Gasteiger partial charge in [-0.05, 0) is 35.6 Å². The first-order valence-electron chi connectivity index (χ1n) is 9.42. The smallest absolute Gasteiger partial charge is 0.223 e. The summed E-state index contributed by atoms with van der Waals surface area (Å²) in [5.74, 6) is 1.49. The first kappa shape index (κ1) is 19.0. The van der Waals surface area contributed by atoms with Gasteiger partial charge in [0.1, 0.15) is 12.4 Å². The second kappa shape index (κ2) is 9.21. The maximum atomic E-state index is 11.9. The number of carbonyl (C=O) groups excluding carboxylic acids is 2. The summed E-state index contributed by atoms with van der Waals surface area (Å²) in [6, 6.07) is 17.7. The highest BCUT2D eigenvalue weighted by Crippen LogP contribution is 2.37. The number of carbonyl (C=O) groups is 2. The minimum absolute atomic E-state index is 0.0596. The molecule has 0 heterocycles. The maximum absolute atomic E-state index is 11.9. The highest BCUT2D eigenvalue weighted by Gasteiger charge is 2.38. The molecule has 1 saturated carbocycles. The van der Waals surface area contributed by atoms with E-state index in [9.17, 15) is 9.59 Å². The average Bonchev–Trinajstić information content (AvgIpc) is 3.43. The van der Waals surface area contributed by atoms with Crippen molar-refractivity contribution in [1.82, 2.24) is 10.6 Å². The van der Waals surface area contributed by atoms with Crippen LogP contribution in [0.5, 0.6) is 5.75 Å². The van der Waals surface area contributed by atoms with Crippen molar-refractivity contribution < 1.29 is 14.3 Å². The van der Waals surface area contributed by atoms with E-state index in [0.29, 0.717) is 32.0 Å². The lowest BCUT2D eigenvalue weighted by Crippen LogP contribution is -2.31. The Bertz CT molecular complexity index is 759. The summed E-state index contributed by atoms with van der Waals surface area (Å²) in [5, 5.41) is 5.71. The van der Waals surface area contributed by atoms with Gasteiger partial charge in [0.15, 0.2) is 0 Å². The van der Waals surface area contributed by atoms with Crippen LogP contribution in [0.2, 0.25) is 0 Å². The van der Waals surface area contributed by atoms with Crippen LogP contribution in [-0.4, -0.2) is 18.4 Å². The Morgan fingerprint density at radius 2 is 1.67 bits per heavy atom. The van der Waals surface area contributed by atoms with Gasteiger partial charge in [0.25, 0.3) is 0 Å². The van der Waals surface area contributed by atoms with Crippen molar-refractivity contribution in [2.45, 2.75) is 32.9 Å². The number of amides is 2. The predicted octanol–water partition coefficient (Wildman–Crippen LogP) is 3.04. The van der Waals surface area contributed by atoms with Gasteiger partial charge >= 0.3 is 0 Å². The van der Waals surface area contributed by atoms with Crippen molar-refractivity contribution >= 4 is 11.8 Å². The molecule has 0 radical (unpaired) electrons. The first-order valence-corrected chi connectivity index (χ1v) is 9.42. The molecule has 2 atom stereocenters. The third-order valence-corrected chi connectivity index (χ3v) is 4.76. The van der Waals surface area contributed by atoms with Crippen LogP contribution in [0, 0.1) is 11.8 Å². The summed E-state index contributed by atoms with van der Waals surface area (Å²) in [7, 11) is 0. The van der Waals surface area contributed by atoms with E-state index < -0.39 is 0 Å². The molecule has 1 aliphatic rings. The molecule has 27 heavy (non-hydrogen) atoms. The Hall–Kier alpha value is -2.82. The van der Waals surface area contributed by atoms with Crippen molar-refractivity contribution in [1.29, 1.82) is 0 Å². The summed E-state index contributed by atoms with van der Waals surface area (Å²) in [6.07, 6.45) is 1.26. The molecule has 0 aliphatic heterocycles. The zero-order valence-corrected chi connectivity index (χ0v) is 15.6. The molecule has 1 fully saturated rings. The van der Waals surface area contributed by atoms with E-state index in [4.69, 9.17) is 4.74 Å². The number of para-hydroxylation sites is 1. The Morgan fingerprint density at radius 3 is 2.33 bits per heavy atom. The van der Waals surface area contributed by atoms with Crippen LogP contribution < -0.4 is 15.4 Å². The van der Waals surface area contributed by atoms with Crippen LogP contribution in [0.3, 0.4) is 0 Å². The van der Waals surface area contributed by atoms with Gasteiger partial charge in [0.05, 0.1) is 0 Å². The highest BCUT2D eigenvalue weighted by atomic mass is 16.5. The van der Waals surface area contributed by atoms with Crippen molar-refractivity contribution in [3.8, 4) is 5.75 Å². The van der Waals surface area contributed by atoms with E-state index in [2.05, 4.69) is 17.6 Å². The van der Waals surface area contributed by atoms with Gasteiger partial charge in [-0.25, -0.2) is 0 Å². The minimum atomic E-state index is -0.0596. The molecule has 2 amide bonds. The second-order valence-corrected chi connectivity index (χ2v) is 7.06. The largest absolute Gasteiger partial charge is 0.489 e. The van der Waals surface area contributed by atoms with Crippen molar-refractivity contribution in [3.63, 3.8) is 0 Å². The van der Waals surface area contributed by atoms with E-state index in [1.807, 2.05) is 54.6 Å². The normalized spacial score (nSPS) is 17.8. The first-order chi connectivity index (χ1) is 13.1. The summed E-state index contributed by atoms with van der Waals surface area (Å²) in [6.45, 7) is 3.45. The Balaban J connectivity index is 1.33. The minimum Gasteiger partial charge on any atom is -0.489 e. The molecule has 2 N–H and O–H groups in total.